The van der Waals surface area contributed by atoms with Crippen molar-refractivity contribution in [1.82, 2.24) is 0 Å². The van der Waals surface area contributed by atoms with Crippen molar-refractivity contribution in [2.24, 2.45) is 0 Å². The summed E-state index contributed by atoms with van der Waals surface area (Å²) in [7, 11) is 0. The molecule has 0 aliphatic carbocycles. The van der Waals surface area contributed by atoms with Crippen molar-refractivity contribution in [1.29, 1.82) is 0 Å². The molecule has 1 N–H and O–H groups in total. The first-order valence-electron chi connectivity index (χ1n) is 5.64. The number of ketones is 1. The zero-order chi connectivity index (χ0) is 13.7. The van der Waals surface area contributed by atoms with Gasteiger partial charge in [0.2, 0.25) is 0 Å². The summed E-state index contributed by atoms with van der Waals surface area (Å²) in [6.07, 6.45) is 2.72. The maximum Gasteiger partial charge on any atom is 0.187 e. The lowest BCUT2D eigenvalue weighted by Gasteiger charge is -2.01. The molecule has 0 bridgehead atoms. The fourth-order valence-corrected chi connectivity index (χ4v) is 1.50. The minimum atomic E-state index is -0.937. The van der Waals surface area contributed by atoms with Gasteiger partial charge >= 0.3 is 0 Å². The van der Waals surface area contributed by atoms with Gasteiger partial charge in [-0.15, -0.1) is 0 Å². The van der Waals surface area contributed by atoms with Crippen LogP contribution in [0.4, 0.5) is 14.5 Å². The Kier molecular flexibility index (Phi) is 4.03. The number of halogens is 2. The molecule has 0 spiro atoms. The predicted molar refractivity (Wildman–Crippen MR) is 69.9 cm³/mol. The molecule has 19 heavy (non-hydrogen) atoms. The first-order chi connectivity index (χ1) is 9.16. The average molecular weight is 259 g/mol. The van der Waals surface area contributed by atoms with Gasteiger partial charge in [0.25, 0.3) is 0 Å². The zero-order valence-electron chi connectivity index (χ0n) is 9.94. The van der Waals surface area contributed by atoms with E-state index in [2.05, 4.69) is 5.32 Å². The number of hydrogen-bond acceptors (Lipinski definition) is 2. The molecular formula is C15H11F2NO. The lowest BCUT2D eigenvalue weighted by molar-refractivity contribution is 0.104. The molecule has 0 aromatic heterocycles. The molecule has 0 saturated heterocycles. The van der Waals surface area contributed by atoms with Crippen LogP contribution in [0.2, 0.25) is 0 Å². The number of rotatable bonds is 4. The van der Waals surface area contributed by atoms with E-state index in [1.54, 1.807) is 24.3 Å². The van der Waals surface area contributed by atoms with Crippen molar-refractivity contribution in [2.45, 2.75) is 0 Å². The molecule has 96 valence electrons. The van der Waals surface area contributed by atoms with Crippen molar-refractivity contribution in [3.8, 4) is 0 Å². The Morgan fingerprint density at radius 3 is 2.42 bits per heavy atom. The summed E-state index contributed by atoms with van der Waals surface area (Å²) in [4.78, 5) is 11.7. The second-order valence-corrected chi connectivity index (χ2v) is 3.84. The highest BCUT2D eigenvalue weighted by Crippen LogP contribution is 2.13. The molecule has 2 nitrogen and oxygen atoms in total. The number of hydrogen-bond donors (Lipinski definition) is 1. The minimum Gasteiger partial charge on any atom is -0.361 e. The van der Waals surface area contributed by atoms with Gasteiger partial charge in [-0.3, -0.25) is 4.79 Å². The highest BCUT2D eigenvalue weighted by atomic mass is 19.2. The van der Waals surface area contributed by atoms with Crippen LogP contribution in [0.3, 0.4) is 0 Å². The van der Waals surface area contributed by atoms with Crippen LogP contribution >= 0.6 is 0 Å². The topological polar surface area (TPSA) is 29.1 Å². The molecule has 0 radical (unpaired) electrons. The van der Waals surface area contributed by atoms with Gasteiger partial charge in [-0.05, 0) is 12.1 Å². The molecule has 2 aromatic carbocycles. The van der Waals surface area contributed by atoms with Gasteiger partial charge in [0.1, 0.15) is 0 Å². The van der Waals surface area contributed by atoms with E-state index in [4.69, 9.17) is 0 Å². The first kappa shape index (κ1) is 13.0. The fourth-order valence-electron chi connectivity index (χ4n) is 1.50. The molecule has 0 amide bonds. The summed E-state index contributed by atoms with van der Waals surface area (Å²) in [6, 6.07) is 12.2. The predicted octanol–water partition coefficient (Wildman–Crippen LogP) is 3.77. The maximum absolute atomic E-state index is 12.9. The minimum absolute atomic E-state index is 0.171. The molecule has 0 aliphatic heterocycles. The Morgan fingerprint density at radius 1 is 1.00 bits per heavy atom. The molecule has 0 fully saturated rings. The molecule has 4 heteroatoms. The Labute approximate surface area is 109 Å². The Morgan fingerprint density at radius 2 is 1.74 bits per heavy atom. The molecule has 0 atom stereocenters. The first-order valence-corrected chi connectivity index (χ1v) is 5.64. The van der Waals surface area contributed by atoms with Crippen LogP contribution in [0.5, 0.6) is 0 Å². The van der Waals surface area contributed by atoms with Crippen LogP contribution in [0.25, 0.3) is 0 Å². The third-order valence-corrected chi connectivity index (χ3v) is 2.46. The lowest BCUT2D eigenvalue weighted by atomic mass is 10.1. The van der Waals surface area contributed by atoms with Gasteiger partial charge in [0.05, 0.1) is 0 Å². The van der Waals surface area contributed by atoms with Crippen LogP contribution in [0, 0.1) is 11.6 Å². The summed E-state index contributed by atoms with van der Waals surface area (Å²) in [5.41, 5.74) is 0.932. The quantitative estimate of drug-likeness (QED) is 0.669. The van der Waals surface area contributed by atoms with Gasteiger partial charge in [-0.25, -0.2) is 8.78 Å². The third kappa shape index (κ3) is 3.48. The number of anilines is 1. The van der Waals surface area contributed by atoms with Crippen LogP contribution in [0.1, 0.15) is 10.4 Å². The Balaban J connectivity index is 2.00. The second-order valence-electron chi connectivity index (χ2n) is 3.84. The van der Waals surface area contributed by atoms with Gasteiger partial charge in [-0.2, -0.15) is 0 Å². The van der Waals surface area contributed by atoms with Gasteiger partial charge < -0.3 is 5.32 Å². The molecule has 0 unspecified atom stereocenters. The van der Waals surface area contributed by atoms with Crippen LogP contribution in [-0.2, 0) is 0 Å². The number of carbonyl (C=O) groups is 1. The SMILES string of the molecule is O=C(/C=C/Nc1ccc(F)c(F)c1)c1ccccc1. The standard InChI is InChI=1S/C15H11F2NO/c16-13-7-6-12(10-14(13)17)18-9-8-15(19)11-4-2-1-3-5-11/h1-10,18H/b9-8+. The normalized spacial score (nSPS) is 10.6. The molecule has 0 aliphatic rings. The van der Waals surface area contributed by atoms with Gasteiger partial charge in [-0.1, -0.05) is 30.3 Å². The number of carbonyl (C=O) groups excluding carboxylic acids is 1. The largest absolute Gasteiger partial charge is 0.361 e. The number of allylic oxidation sites excluding steroid dienone is 1. The Hall–Kier alpha value is -2.49. The smallest absolute Gasteiger partial charge is 0.187 e. The Bertz CT molecular complexity index is 609. The second kappa shape index (κ2) is 5.91. The van der Waals surface area contributed by atoms with Crippen LogP contribution in [-0.4, -0.2) is 5.78 Å². The van der Waals surface area contributed by atoms with Crippen molar-refractivity contribution >= 4 is 11.5 Å². The fraction of sp³-hybridized carbons (Fsp3) is 0. The molecule has 0 saturated carbocycles. The van der Waals surface area contributed by atoms with E-state index in [0.717, 1.165) is 12.1 Å². The highest BCUT2D eigenvalue weighted by Gasteiger charge is 2.01. The maximum atomic E-state index is 12.9. The van der Waals surface area contributed by atoms with E-state index in [1.165, 1.54) is 18.3 Å². The third-order valence-electron chi connectivity index (χ3n) is 2.46. The summed E-state index contributed by atoms with van der Waals surface area (Å²) >= 11 is 0. The molecular weight excluding hydrogens is 248 g/mol. The van der Waals surface area contributed by atoms with Crippen LogP contribution in [0.15, 0.2) is 60.8 Å². The van der Waals surface area contributed by atoms with Gasteiger partial charge in [0.15, 0.2) is 17.4 Å². The monoisotopic (exact) mass is 259 g/mol. The molecule has 2 rings (SSSR count). The van der Waals surface area contributed by atoms with E-state index in [0.29, 0.717) is 11.3 Å². The van der Waals surface area contributed by atoms with Crippen molar-refractivity contribution in [3.05, 3.63) is 78.0 Å². The number of nitrogens with one attached hydrogen (secondary N) is 1. The summed E-state index contributed by atoms with van der Waals surface area (Å²) < 4.78 is 25.6. The number of benzene rings is 2. The van der Waals surface area contributed by atoms with E-state index in [-0.39, 0.29) is 5.78 Å². The lowest BCUT2D eigenvalue weighted by Crippen LogP contribution is -1.96. The van der Waals surface area contributed by atoms with Crippen molar-refractivity contribution in [2.75, 3.05) is 5.32 Å². The summed E-state index contributed by atoms with van der Waals surface area (Å²) in [5.74, 6) is -2.02. The van der Waals surface area contributed by atoms with Gasteiger partial charge in [0, 0.05) is 29.6 Å². The van der Waals surface area contributed by atoms with E-state index < -0.39 is 11.6 Å². The van der Waals surface area contributed by atoms with Crippen molar-refractivity contribution < 1.29 is 13.6 Å². The van der Waals surface area contributed by atoms with Crippen LogP contribution < -0.4 is 5.32 Å². The zero-order valence-corrected chi connectivity index (χ0v) is 9.94. The van der Waals surface area contributed by atoms with Crippen molar-refractivity contribution in [3.63, 3.8) is 0 Å². The molecule has 0 heterocycles. The van der Waals surface area contributed by atoms with E-state index >= 15 is 0 Å². The molecule has 2 aromatic rings. The highest BCUT2D eigenvalue weighted by molar-refractivity contribution is 6.04. The average Bonchev–Trinajstić information content (AvgIpc) is 2.43. The summed E-state index contributed by atoms with van der Waals surface area (Å²) in [6.45, 7) is 0. The van der Waals surface area contributed by atoms with E-state index in [9.17, 15) is 13.6 Å². The summed E-state index contributed by atoms with van der Waals surface area (Å²) in [5, 5.41) is 2.71. The van der Waals surface area contributed by atoms with E-state index in [1.807, 2.05) is 6.07 Å².